The average Bonchev–Trinajstić information content (AvgIpc) is 2.65. The Balaban J connectivity index is 2.31. The number of carbonyl (C=O) groups is 2. The van der Waals surface area contributed by atoms with Crippen LogP contribution < -0.4 is 0 Å². The lowest BCUT2D eigenvalue weighted by atomic mass is 9.94. The van der Waals surface area contributed by atoms with E-state index in [1.165, 1.54) is 19.3 Å². The standard InChI is InChI=1S/C17H30O5/c1-12(2)10-8-6-5-7-9-11-13(15(18)19)14-16(20)22-17(3,4)21-14/h12-14H,5-11H2,1-4H3,(H,18,19)/t13-,14?/m1/s1. The molecule has 0 aliphatic carbocycles. The first-order valence-electron chi connectivity index (χ1n) is 8.36. The van der Waals surface area contributed by atoms with Gasteiger partial charge in [-0.25, -0.2) is 4.79 Å². The van der Waals surface area contributed by atoms with Gasteiger partial charge in [-0.2, -0.15) is 0 Å². The highest BCUT2D eigenvalue weighted by molar-refractivity contribution is 5.84. The van der Waals surface area contributed by atoms with Crippen molar-refractivity contribution in [1.29, 1.82) is 0 Å². The van der Waals surface area contributed by atoms with Gasteiger partial charge in [-0.1, -0.05) is 52.4 Å². The molecule has 1 saturated heterocycles. The molecule has 1 fully saturated rings. The van der Waals surface area contributed by atoms with Gasteiger partial charge in [0.25, 0.3) is 0 Å². The Labute approximate surface area is 133 Å². The summed E-state index contributed by atoms with van der Waals surface area (Å²) in [5.74, 6) is -2.64. The summed E-state index contributed by atoms with van der Waals surface area (Å²) in [4.78, 5) is 23.2. The third-order valence-electron chi connectivity index (χ3n) is 3.97. The number of carboxylic acids is 1. The van der Waals surface area contributed by atoms with E-state index >= 15 is 0 Å². The molecular weight excluding hydrogens is 284 g/mol. The highest BCUT2D eigenvalue weighted by Crippen LogP contribution is 2.30. The molecule has 1 unspecified atom stereocenters. The van der Waals surface area contributed by atoms with Gasteiger partial charge in [0, 0.05) is 13.8 Å². The molecule has 1 heterocycles. The van der Waals surface area contributed by atoms with Crippen molar-refractivity contribution in [2.24, 2.45) is 11.8 Å². The quantitative estimate of drug-likeness (QED) is 0.491. The Morgan fingerprint density at radius 3 is 2.14 bits per heavy atom. The Kier molecular flexibility index (Phi) is 7.33. The molecule has 0 radical (unpaired) electrons. The first kappa shape index (κ1) is 18.9. The van der Waals surface area contributed by atoms with E-state index in [1.54, 1.807) is 13.8 Å². The van der Waals surface area contributed by atoms with Gasteiger partial charge in [-0.15, -0.1) is 0 Å². The van der Waals surface area contributed by atoms with Crippen molar-refractivity contribution in [3.05, 3.63) is 0 Å². The molecule has 1 rings (SSSR count). The molecule has 5 nitrogen and oxygen atoms in total. The fraction of sp³-hybridized carbons (Fsp3) is 0.882. The zero-order valence-electron chi connectivity index (χ0n) is 14.3. The van der Waals surface area contributed by atoms with Gasteiger partial charge in [0.05, 0.1) is 5.92 Å². The number of rotatable bonds is 10. The molecule has 1 aliphatic heterocycles. The van der Waals surface area contributed by atoms with Gasteiger partial charge in [0.15, 0.2) is 6.10 Å². The normalized spacial score (nSPS) is 21.9. The zero-order chi connectivity index (χ0) is 16.8. The van der Waals surface area contributed by atoms with E-state index in [0.717, 1.165) is 25.2 Å². The summed E-state index contributed by atoms with van der Waals surface area (Å²) in [5.41, 5.74) is 0. The lowest BCUT2D eigenvalue weighted by molar-refractivity contribution is -0.163. The predicted octanol–water partition coefficient (Wildman–Crippen LogP) is 3.75. The maximum atomic E-state index is 11.8. The number of ether oxygens (including phenoxy) is 2. The topological polar surface area (TPSA) is 72.8 Å². The summed E-state index contributed by atoms with van der Waals surface area (Å²) in [6.45, 7) is 7.69. The van der Waals surface area contributed by atoms with Gasteiger partial charge < -0.3 is 14.6 Å². The largest absolute Gasteiger partial charge is 0.481 e. The van der Waals surface area contributed by atoms with Crippen molar-refractivity contribution in [2.75, 3.05) is 0 Å². The van der Waals surface area contributed by atoms with Crippen LogP contribution in [0.4, 0.5) is 0 Å². The predicted molar refractivity (Wildman–Crippen MR) is 83.3 cm³/mol. The van der Waals surface area contributed by atoms with Gasteiger partial charge in [-0.05, 0) is 12.3 Å². The Hall–Kier alpha value is -1.10. The molecule has 5 heteroatoms. The smallest absolute Gasteiger partial charge is 0.338 e. The minimum absolute atomic E-state index is 0.454. The van der Waals surface area contributed by atoms with E-state index in [4.69, 9.17) is 9.47 Å². The van der Waals surface area contributed by atoms with Crippen molar-refractivity contribution in [3.8, 4) is 0 Å². The molecule has 0 amide bonds. The molecule has 22 heavy (non-hydrogen) atoms. The molecule has 0 spiro atoms. The Morgan fingerprint density at radius 1 is 1.14 bits per heavy atom. The minimum atomic E-state index is -1.02. The van der Waals surface area contributed by atoms with Crippen LogP contribution >= 0.6 is 0 Å². The summed E-state index contributed by atoms with van der Waals surface area (Å²) in [6, 6.07) is 0. The van der Waals surface area contributed by atoms with Crippen LogP contribution in [0.1, 0.15) is 72.6 Å². The molecule has 128 valence electrons. The van der Waals surface area contributed by atoms with Crippen molar-refractivity contribution >= 4 is 11.9 Å². The molecule has 1 aliphatic rings. The number of cyclic esters (lactones) is 1. The van der Waals surface area contributed by atoms with Crippen LogP contribution in [0.3, 0.4) is 0 Å². The van der Waals surface area contributed by atoms with Crippen LogP contribution in [0.5, 0.6) is 0 Å². The van der Waals surface area contributed by atoms with Crippen molar-refractivity contribution in [3.63, 3.8) is 0 Å². The first-order valence-corrected chi connectivity index (χ1v) is 8.36. The molecule has 0 saturated carbocycles. The van der Waals surface area contributed by atoms with Crippen LogP contribution in [0.25, 0.3) is 0 Å². The van der Waals surface area contributed by atoms with E-state index in [0.29, 0.717) is 6.42 Å². The number of carboxylic acid groups (broad SMARTS) is 1. The second-order valence-corrected chi connectivity index (χ2v) is 7.04. The summed E-state index contributed by atoms with van der Waals surface area (Å²) in [7, 11) is 0. The summed E-state index contributed by atoms with van der Waals surface area (Å²) >= 11 is 0. The van der Waals surface area contributed by atoms with E-state index in [1.807, 2.05) is 0 Å². The van der Waals surface area contributed by atoms with Crippen LogP contribution in [0.2, 0.25) is 0 Å². The molecular formula is C17H30O5. The highest BCUT2D eigenvalue weighted by Gasteiger charge is 2.47. The van der Waals surface area contributed by atoms with E-state index in [-0.39, 0.29) is 0 Å². The number of unbranched alkanes of at least 4 members (excludes halogenated alkanes) is 4. The van der Waals surface area contributed by atoms with E-state index < -0.39 is 29.7 Å². The van der Waals surface area contributed by atoms with E-state index in [2.05, 4.69) is 13.8 Å². The molecule has 0 bridgehead atoms. The third-order valence-corrected chi connectivity index (χ3v) is 3.97. The fourth-order valence-corrected chi connectivity index (χ4v) is 2.78. The number of carbonyl (C=O) groups excluding carboxylic acids is 1. The van der Waals surface area contributed by atoms with Crippen LogP contribution in [-0.4, -0.2) is 28.9 Å². The second-order valence-electron chi connectivity index (χ2n) is 7.04. The highest BCUT2D eigenvalue weighted by atomic mass is 16.8. The van der Waals surface area contributed by atoms with Crippen molar-refractivity contribution in [1.82, 2.24) is 0 Å². The van der Waals surface area contributed by atoms with Crippen molar-refractivity contribution < 1.29 is 24.2 Å². The number of esters is 1. The summed E-state index contributed by atoms with van der Waals surface area (Å²) in [5, 5.41) is 9.34. The molecule has 0 aromatic rings. The SMILES string of the molecule is CC(C)CCCCCCC[C@@H](C(=O)O)C1OC(C)(C)OC1=O. The van der Waals surface area contributed by atoms with Crippen LogP contribution in [0.15, 0.2) is 0 Å². The van der Waals surface area contributed by atoms with Gasteiger partial charge in [0.2, 0.25) is 5.79 Å². The van der Waals surface area contributed by atoms with Gasteiger partial charge in [0.1, 0.15) is 0 Å². The maximum absolute atomic E-state index is 11.8. The van der Waals surface area contributed by atoms with E-state index in [9.17, 15) is 14.7 Å². The third kappa shape index (κ3) is 6.34. The Bertz CT molecular complexity index is 375. The van der Waals surface area contributed by atoms with Crippen LogP contribution in [0, 0.1) is 11.8 Å². The molecule has 0 aromatic heterocycles. The first-order chi connectivity index (χ1) is 10.2. The summed E-state index contributed by atoms with van der Waals surface area (Å²) < 4.78 is 10.5. The lowest BCUT2D eigenvalue weighted by Crippen LogP contribution is -2.34. The Morgan fingerprint density at radius 2 is 1.68 bits per heavy atom. The number of hydrogen-bond acceptors (Lipinski definition) is 4. The molecule has 1 N–H and O–H groups in total. The fourth-order valence-electron chi connectivity index (χ4n) is 2.78. The molecule has 2 atom stereocenters. The minimum Gasteiger partial charge on any atom is -0.481 e. The zero-order valence-corrected chi connectivity index (χ0v) is 14.3. The lowest BCUT2D eigenvalue weighted by Gasteiger charge is -2.19. The molecule has 0 aromatic carbocycles. The van der Waals surface area contributed by atoms with Crippen molar-refractivity contribution in [2.45, 2.75) is 84.5 Å². The van der Waals surface area contributed by atoms with Gasteiger partial charge in [-0.3, -0.25) is 4.79 Å². The monoisotopic (exact) mass is 314 g/mol. The maximum Gasteiger partial charge on any atom is 0.338 e. The van der Waals surface area contributed by atoms with Crippen LogP contribution in [-0.2, 0) is 19.1 Å². The van der Waals surface area contributed by atoms with Gasteiger partial charge >= 0.3 is 11.9 Å². The summed E-state index contributed by atoms with van der Waals surface area (Å²) in [6.07, 6.45) is 6.04. The average molecular weight is 314 g/mol. The number of aliphatic carboxylic acids is 1. The number of hydrogen-bond donors (Lipinski definition) is 1. The second kappa shape index (κ2) is 8.51.